The number of fused-ring (bicyclic) bond motifs is 1. The van der Waals surface area contributed by atoms with Crippen LogP contribution in [-0.4, -0.2) is 16.7 Å². The fraction of sp³-hybridized carbons (Fsp3) is 0.273. The van der Waals surface area contributed by atoms with Gasteiger partial charge in [0, 0.05) is 0 Å². The average molecular weight is 190 g/mol. The van der Waals surface area contributed by atoms with Crippen molar-refractivity contribution in [2.75, 3.05) is 0 Å². The molecular formula is C11H10O3. The third kappa shape index (κ3) is 1.21. The molecule has 0 bridgehead atoms. The predicted octanol–water partition coefficient (Wildman–Crippen LogP) is 1.33. The Morgan fingerprint density at radius 3 is 2.71 bits per heavy atom. The molecule has 0 aromatic carbocycles. The third-order valence-corrected chi connectivity index (χ3v) is 2.59. The normalized spacial score (nSPS) is 30.9. The minimum Gasteiger partial charge on any atom is -0.508 e. The van der Waals surface area contributed by atoms with Gasteiger partial charge in [0.25, 0.3) is 0 Å². The van der Waals surface area contributed by atoms with Gasteiger partial charge in [-0.1, -0.05) is 6.08 Å². The maximum atomic E-state index is 11.6. The molecule has 1 N–H and O–H groups in total. The van der Waals surface area contributed by atoms with Crippen LogP contribution in [0, 0.1) is 11.8 Å². The van der Waals surface area contributed by atoms with Gasteiger partial charge in [-0.15, -0.1) is 0 Å². The van der Waals surface area contributed by atoms with Crippen LogP contribution < -0.4 is 0 Å². The Balaban J connectivity index is 2.45. The molecule has 2 aliphatic rings. The van der Waals surface area contributed by atoms with Gasteiger partial charge in [0.2, 0.25) is 0 Å². The molecular weight excluding hydrogens is 180 g/mol. The molecule has 3 nitrogen and oxygen atoms in total. The molecule has 0 radical (unpaired) electrons. The molecule has 0 aromatic heterocycles. The lowest BCUT2D eigenvalue weighted by atomic mass is 9.76. The molecule has 2 aliphatic carbocycles. The number of carbonyl (C=O) groups excluding carboxylic acids is 2. The SMILES string of the molecule is CC1=CC(=O)C2C=C(O)C=CC2C1=O. The Kier molecular flexibility index (Phi) is 1.88. The van der Waals surface area contributed by atoms with Crippen LogP contribution in [0.1, 0.15) is 6.92 Å². The summed E-state index contributed by atoms with van der Waals surface area (Å²) in [6.45, 7) is 1.64. The van der Waals surface area contributed by atoms with Crippen LogP contribution in [0.25, 0.3) is 0 Å². The molecule has 0 aliphatic heterocycles. The highest BCUT2D eigenvalue weighted by molar-refractivity contribution is 6.12. The Bertz CT molecular complexity index is 399. The minimum absolute atomic E-state index is 0.0328. The van der Waals surface area contributed by atoms with Crippen LogP contribution in [-0.2, 0) is 9.59 Å². The quantitative estimate of drug-likeness (QED) is 0.627. The van der Waals surface area contributed by atoms with Crippen molar-refractivity contribution in [1.29, 1.82) is 0 Å². The first kappa shape index (κ1) is 8.94. The summed E-state index contributed by atoms with van der Waals surface area (Å²) in [5, 5.41) is 9.21. The molecule has 2 rings (SSSR count). The molecule has 0 saturated heterocycles. The molecule has 0 fully saturated rings. The molecule has 0 heterocycles. The van der Waals surface area contributed by atoms with E-state index in [1.54, 1.807) is 13.0 Å². The van der Waals surface area contributed by atoms with Crippen LogP contribution >= 0.6 is 0 Å². The van der Waals surface area contributed by atoms with E-state index in [1.165, 1.54) is 18.2 Å². The number of allylic oxidation sites excluding steroid dienone is 5. The molecule has 0 spiro atoms. The van der Waals surface area contributed by atoms with E-state index in [0.29, 0.717) is 5.57 Å². The lowest BCUT2D eigenvalue weighted by Gasteiger charge is -2.25. The van der Waals surface area contributed by atoms with Crippen molar-refractivity contribution in [2.24, 2.45) is 11.8 Å². The standard InChI is InChI=1S/C11H10O3/c1-6-4-10(13)9-5-7(12)2-3-8(9)11(6)14/h2-5,8-9,12H,1H3. The van der Waals surface area contributed by atoms with E-state index in [4.69, 9.17) is 0 Å². The summed E-state index contributed by atoms with van der Waals surface area (Å²) in [6.07, 6.45) is 5.85. The van der Waals surface area contributed by atoms with E-state index >= 15 is 0 Å². The van der Waals surface area contributed by atoms with Gasteiger partial charge in [0.05, 0.1) is 11.8 Å². The van der Waals surface area contributed by atoms with Crippen LogP contribution in [0.5, 0.6) is 0 Å². The molecule has 2 unspecified atom stereocenters. The van der Waals surface area contributed by atoms with Crippen molar-refractivity contribution < 1.29 is 14.7 Å². The Hall–Kier alpha value is -1.64. The topological polar surface area (TPSA) is 54.4 Å². The molecule has 72 valence electrons. The maximum Gasteiger partial charge on any atom is 0.166 e. The number of aliphatic hydroxyl groups excluding tert-OH is 1. The van der Waals surface area contributed by atoms with Crippen molar-refractivity contribution in [1.82, 2.24) is 0 Å². The van der Waals surface area contributed by atoms with Gasteiger partial charge >= 0.3 is 0 Å². The highest BCUT2D eigenvalue weighted by atomic mass is 16.3. The van der Waals surface area contributed by atoms with E-state index in [9.17, 15) is 14.7 Å². The summed E-state index contributed by atoms with van der Waals surface area (Å²) in [5.41, 5.74) is 0.496. The van der Waals surface area contributed by atoms with Gasteiger partial charge in [0.1, 0.15) is 5.76 Å². The smallest absolute Gasteiger partial charge is 0.166 e. The Morgan fingerprint density at radius 2 is 2.00 bits per heavy atom. The summed E-state index contributed by atoms with van der Waals surface area (Å²) < 4.78 is 0. The predicted molar refractivity (Wildman–Crippen MR) is 50.6 cm³/mol. The second-order valence-electron chi connectivity index (χ2n) is 3.60. The number of carbonyl (C=O) groups is 2. The van der Waals surface area contributed by atoms with Crippen LogP contribution in [0.2, 0.25) is 0 Å². The second-order valence-corrected chi connectivity index (χ2v) is 3.60. The highest BCUT2D eigenvalue weighted by Crippen LogP contribution is 2.30. The first-order valence-electron chi connectivity index (χ1n) is 4.45. The zero-order valence-corrected chi connectivity index (χ0v) is 7.73. The van der Waals surface area contributed by atoms with Gasteiger partial charge in [-0.05, 0) is 30.7 Å². The molecule has 3 heteroatoms. The summed E-state index contributed by atoms with van der Waals surface area (Å²) in [4.78, 5) is 23.1. The second kappa shape index (κ2) is 2.94. The molecule has 2 atom stereocenters. The number of hydrogen-bond acceptors (Lipinski definition) is 3. The molecule has 0 saturated carbocycles. The maximum absolute atomic E-state index is 11.6. The van der Waals surface area contributed by atoms with Gasteiger partial charge in [0.15, 0.2) is 11.6 Å². The largest absolute Gasteiger partial charge is 0.508 e. The van der Waals surface area contributed by atoms with E-state index in [-0.39, 0.29) is 17.3 Å². The number of ketones is 2. The van der Waals surface area contributed by atoms with Crippen LogP contribution in [0.3, 0.4) is 0 Å². The lowest BCUT2D eigenvalue weighted by Crippen LogP contribution is -2.33. The van der Waals surface area contributed by atoms with E-state index in [0.717, 1.165) is 0 Å². The molecule has 14 heavy (non-hydrogen) atoms. The first-order chi connectivity index (χ1) is 6.59. The summed E-state index contributed by atoms with van der Waals surface area (Å²) in [7, 11) is 0. The molecule has 0 aromatic rings. The Labute approximate surface area is 81.4 Å². The minimum atomic E-state index is -0.504. The van der Waals surface area contributed by atoms with E-state index < -0.39 is 11.8 Å². The Morgan fingerprint density at radius 1 is 1.29 bits per heavy atom. The first-order valence-corrected chi connectivity index (χ1v) is 4.45. The lowest BCUT2D eigenvalue weighted by molar-refractivity contribution is -0.126. The van der Waals surface area contributed by atoms with Gasteiger partial charge in [-0.2, -0.15) is 0 Å². The van der Waals surface area contributed by atoms with E-state index in [1.807, 2.05) is 0 Å². The van der Waals surface area contributed by atoms with Crippen molar-refractivity contribution in [3.05, 3.63) is 35.6 Å². The fourth-order valence-electron chi connectivity index (χ4n) is 1.82. The van der Waals surface area contributed by atoms with Crippen molar-refractivity contribution in [2.45, 2.75) is 6.92 Å². The van der Waals surface area contributed by atoms with Crippen molar-refractivity contribution in [3.8, 4) is 0 Å². The number of hydrogen-bond donors (Lipinski definition) is 1. The van der Waals surface area contributed by atoms with Gasteiger partial charge < -0.3 is 5.11 Å². The number of rotatable bonds is 0. The average Bonchev–Trinajstić information content (AvgIpc) is 2.14. The summed E-state index contributed by atoms with van der Waals surface area (Å²) >= 11 is 0. The molecule has 0 amide bonds. The monoisotopic (exact) mass is 190 g/mol. The van der Waals surface area contributed by atoms with Gasteiger partial charge in [-0.25, -0.2) is 0 Å². The highest BCUT2D eigenvalue weighted by Gasteiger charge is 2.35. The van der Waals surface area contributed by atoms with Crippen molar-refractivity contribution in [3.63, 3.8) is 0 Å². The van der Waals surface area contributed by atoms with Crippen molar-refractivity contribution >= 4 is 11.6 Å². The zero-order chi connectivity index (χ0) is 10.3. The van der Waals surface area contributed by atoms with Gasteiger partial charge in [-0.3, -0.25) is 9.59 Å². The van der Waals surface area contributed by atoms with E-state index in [2.05, 4.69) is 0 Å². The fourth-order valence-corrected chi connectivity index (χ4v) is 1.82. The summed E-state index contributed by atoms with van der Waals surface area (Å²) in [5.74, 6) is -1.00. The number of Topliss-reactive ketones (excluding diaryl/α,β-unsaturated/α-hetero) is 1. The van der Waals surface area contributed by atoms with Crippen LogP contribution in [0.15, 0.2) is 35.6 Å². The summed E-state index contributed by atoms with van der Waals surface area (Å²) in [6, 6.07) is 0. The van der Waals surface area contributed by atoms with Crippen LogP contribution in [0.4, 0.5) is 0 Å². The third-order valence-electron chi connectivity index (χ3n) is 2.59. The number of aliphatic hydroxyl groups is 1. The zero-order valence-electron chi connectivity index (χ0n) is 7.73.